The van der Waals surface area contributed by atoms with Gasteiger partial charge >= 0.3 is 0 Å². The van der Waals surface area contributed by atoms with Gasteiger partial charge in [0.05, 0.1) is 26.1 Å². The lowest BCUT2D eigenvalue weighted by molar-refractivity contribution is -0.384. The van der Waals surface area contributed by atoms with Gasteiger partial charge in [0.1, 0.15) is 0 Å². The molecule has 10 heteroatoms. The predicted molar refractivity (Wildman–Crippen MR) is 122 cm³/mol. The van der Waals surface area contributed by atoms with Crippen LogP contribution in [0.15, 0.2) is 71.6 Å². The standard InChI is InChI=1S/C22H18ClN3O5S/c23-20-14-17(26(28)29)9-12-19(20)22(27)24-16-7-10-18(11-8-16)32(30,31)25-13-3-5-15-4-1-2-6-21(15)25/h1-2,4,6-12,14H,3,5,13H2,(H,24,27). The highest BCUT2D eigenvalue weighted by molar-refractivity contribution is 7.92. The van der Waals surface area contributed by atoms with Gasteiger partial charge in [-0.2, -0.15) is 0 Å². The van der Waals surface area contributed by atoms with Gasteiger partial charge in [-0.25, -0.2) is 8.42 Å². The van der Waals surface area contributed by atoms with E-state index in [1.165, 1.54) is 40.7 Å². The lowest BCUT2D eigenvalue weighted by Crippen LogP contribution is -2.35. The van der Waals surface area contributed by atoms with Crippen molar-refractivity contribution in [2.45, 2.75) is 17.7 Å². The fourth-order valence-corrected chi connectivity index (χ4v) is 5.39. The lowest BCUT2D eigenvalue weighted by Gasteiger charge is -2.30. The number of carbonyl (C=O) groups is 1. The molecule has 0 aliphatic carbocycles. The van der Waals surface area contributed by atoms with Crippen LogP contribution in [-0.4, -0.2) is 25.8 Å². The van der Waals surface area contributed by atoms with Crippen LogP contribution in [0.5, 0.6) is 0 Å². The molecule has 1 aliphatic heterocycles. The highest BCUT2D eigenvalue weighted by Gasteiger charge is 2.28. The Hall–Kier alpha value is -3.43. The van der Waals surface area contributed by atoms with E-state index in [1.807, 2.05) is 18.2 Å². The molecule has 0 unspecified atom stereocenters. The van der Waals surface area contributed by atoms with E-state index in [2.05, 4.69) is 5.32 Å². The first-order chi connectivity index (χ1) is 15.3. The van der Waals surface area contributed by atoms with Gasteiger partial charge in [0.2, 0.25) is 0 Å². The maximum Gasteiger partial charge on any atom is 0.270 e. The molecule has 0 fully saturated rings. The van der Waals surface area contributed by atoms with Gasteiger partial charge in [-0.05, 0) is 54.8 Å². The Kier molecular flexibility index (Phi) is 5.86. The fourth-order valence-electron chi connectivity index (χ4n) is 3.59. The molecule has 0 radical (unpaired) electrons. The van der Waals surface area contributed by atoms with E-state index in [0.29, 0.717) is 17.9 Å². The molecule has 0 saturated heterocycles. The summed E-state index contributed by atoms with van der Waals surface area (Å²) in [6.07, 6.45) is 1.57. The van der Waals surface area contributed by atoms with Gasteiger partial charge in [-0.1, -0.05) is 29.8 Å². The van der Waals surface area contributed by atoms with E-state index in [-0.39, 0.29) is 21.2 Å². The minimum Gasteiger partial charge on any atom is -0.322 e. The van der Waals surface area contributed by atoms with Crippen LogP contribution in [0.25, 0.3) is 0 Å². The van der Waals surface area contributed by atoms with Crippen LogP contribution in [0.3, 0.4) is 0 Å². The van der Waals surface area contributed by atoms with Crippen LogP contribution >= 0.6 is 11.6 Å². The number of rotatable bonds is 5. The smallest absolute Gasteiger partial charge is 0.270 e. The average molecular weight is 472 g/mol. The van der Waals surface area contributed by atoms with Crippen molar-refractivity contribution in [2.75, 3.05) is 16.2 Å². The Morgan fingerprint density at radius 3 is 2.47 bits per heavy atom. The van der Waals surface area contributed by atoms with Crippen molar-refractivity contribution in [1.29, 1.82) is 0 Å². The second-order valence-corrected chi connectivity index (χ2v) is 9.48. The molecular formula is C22H18ClN3O5S. The summed E-state index contributed by atoms with van der Waals surface area (Å²) in [7, 11) is -3.76. The Bertz CT molecular complexity index is 1310. The van der Waals surface area contributed by atoms with E-state index in [9.17, 15) is 23.3 Å². The number of non-ortho nitro benzene ring substituents is 1. The number of aryl methyl sites for hydroxylation is 1. The van der Waals surface area contributed by atoms with Crippen LogP contribution in [0, 0.1) is 10.1 Å². The number of hydrogen-bond acceptors (Lipinski definition) is 5. The summed E-state index contributed by atoms with van der Waals surface area (Å²) in [5.74, 6) is -0.564. The second kappa shape index (κ2) is 8.60. The quantitative estimate of drug-likeness (QED) is 0.430. The molecule has 4 rings (SSSR count). The number of para-hydroxylation sites is 1. The van der Waals surface area contributed by atoms with Gasteiger partial charge in [0.25, 0.3) is 21.6 Å². The summed E-state index contributed by atoms with van der Waals surface area (Å²) in [5.41, 5.74) is 1.89. The molecule has 3 aromatic rings. The second-order valence-electron chi connectivity index (χ2n) is 7.21. The number of hydrogen-bond donors (Lipinski definition) is 1. The normalized spacial score (nSPS) is 13.3. The van der Waals surface area contributed by atoms with Crippen LogP contribution < -0.4 is 9.62 Å². The van der Waals surface area contributed by atoms with E-state index < -0.39 is 20.9 Å². The monoisotopic (exact) mass is 471 g/mol. The van der Waals surface area contributed by atoms with Crippen LogP contribution in [-0.2, 0) is 16.4 Å². The minimum atomic E-state index is -3.76. The first-order valence-corrected chi connectivity index (χ1v) is 11.6. The third-order valence-corrected chi connectivity index (χ3v) is 7.32. The molecule has 0 atom stereocenters. The largest absolute Gasteiger partial charge is 0.322 e. The highest BCUT2D eigenvalue weighted by Crippen LogP contribution is 2.32. The molecule has 1 aliphatic rings. The zero-order valence-electron chi connectivity index (χ0n) is 16.7. The predicted octanol–water partition coefficient (Wildman–Crippen LogP) is 4.64. The van der Waals surface area contributed by atoms with Gasteiger partial charge < -0.3 is 5.32 Å². The molecule has 0 aromatic heterocycles. The van der Waals surface area contributed by atoms with Crippen molar-refractivity contribution in [3.63, 3.8) is 0 Å². The highest BCUT2D eigenvalue weighted by atomic mass is 35.5. The number of nitrogens with one attached hydrogen (secondary N) is 1. The van der Waals surface area contributed by atoms with E-state index in [4.69, 9.17) is 11.6 Å². The van der Waals surface area contributed by atoms with Gasteiger partial charge in [0, 0.05) is 24.4 Å². The number of anilines is 2. The lowest BCUT2D eigenvalue weighted by atomic mass is 10.0. The minimum absolute atomic E-state index is 0.0559. The number of benzene rings is 3. The molecule has 0 spiro atoms. The number of nitro groups is 1. The number of carbonyl (C=O) groups excluding carboxylic acids is 1. The average Bonchev–Trinajstić information content (AvgIpc) is 2.78. The molecule has 8 nitrogen and oxygen atoms in total. The fraction of sp³-hybridized carbons (Fsp3) is 0.136. The topological polar surface area (TPSA) is 110 Å². The number of nitrogens with zero attached hydrogens (tertiary/aromatic N) is 2. The molecule has 32 heavy (non-hydrogen) atoms. The summed E-state index contributed by atoms with van der Waals surface area (Å²) < 4.78 is 27.8. The SMILES string of the molecule is O=C(Nc1ccc(S(=O)(=O)N2CCCc3ccccc32)cc1)c1ccc([N+](=O)[O-])cc1Cl. The van der Waals surface area contributed by atoms with E-state index in [1.54, 1.807) is 6.07 Å². The Morgan fingerprint density at radius 2 is 1.78 bits per heavy atom. The summed E-state index contributed by atoms with van der Waals surface area (Å²) in [5, 5.41) is 13.4. The van der Waals surface area contributed by atoms with E-state index in [0.717, 1.165) is 24.5 Å². The van der Waals surface area contributed by atoms with Crippen LogP contribution in [0.2, 0.25) is 5.02 Å². The van der Waals surface area contributed by atoms with Crippen molar-refractivity contribution in [1.82, 2.24) is 0 Å². The maximum atomic E-state index is 13.2. The number of amides is 1. The molecule has 1 amide bonds. The zero-order chi connectivity index (χ0) is 22.9. The van der Waals surface area contributed by atoms with Gasteiger partial charge in [-0.3, -0.25) is 19.2 Å². The first-order valence-electron chi connectivity index (χ1n) is 9.73. The van der Waals surface area contributed by atoms with Crippen molar-refractivity contribution in [3.8, 4) is 0 Å². The van der Waals surface area contributed by atoms with Gasteiger partial charge in [-0.15, -0.1) is 0 Å². The Morgan fingerprint density at radius 1 is 1.06 bits per heavy atom. The summed E-state index contributed by atoms with van der Waals surface area (Å²) >= 11 is 6.00. The van der Waals surface area contributed by atoms with E-state index >= 15 is 0 Å². The van der Waals surface area contributed by atoms with Crippen molar-refractivity contribution in [3.05, 3.63) is 93.0 Å². The Labute approximate surface area is 189 Å². The molecule has 3 aromatic carbocycles. The summed E-state index contributed by atoms with van der Waals surface area (Å²) in [6, 6.07) is 16.8. The third-order valence-electron chi connectivity index (χ3n) is 5.18. The number of sulfonamides is 1. The summed E-state index contributed by atoms with van der Waals surface area (Å²) in [6.45, 7) is 0.399. The number of nitro benzene ring substituents is 1. The molecule has 1 N–H and O–H groups in total. The molecule has 164 valence electrons. The molecule has 1 heterocycles. The number of halogens is 1. The van der Waals surface area contributed by atoms with Gasteiger partial charge in [0.15, 0.2) is 0 Å². The van der Waals surface area contributed by atoms with Crippen LogP contribution in [0.4, 0.5) is 17.1 Å². The third kappa shape index (κ3) is 4.17. The van der Waals surface area contributed by atoms with Crippen molar-refractivity contribution in [2.24, 2.45) is 0 Å². The molecular weight excluding hydrogens is 454 g/mol. The maximum absolute atomic E-state index is 13.2. The van der Waals surface area contributed by atoms with Crippen molar-refractivity contribution >= 4 is 44.6 Å². The molecule has 0 bridgehead atoms. The van der Waals surface area contributed by atoms with Crippen molar-refractivity contribution < 1.29 is 18.1 Å². The first kappa shape index (κ1) is 21.8. The Balaban J connectivity index is 1.54. The zero-order valence-corrected chi connectivity index (χ0v) is 18.3. The number of fused-ring (bicyclic) bond motifs is 1. The summed E-state index contributed by atoms with van der Waals surface area (Å²) in [4.78, 5) is 22.8. The van der Waals surface area contributed by atoms with Crippen LogP contribution in [0.1, 0.15) is 22.3 Å². The molecule has 0 saturated carbocycles.